The SMILES string of the molecule is Nc1ncc(-c2cn([C@@]34C5[C@H]3[C@H]4CN5CC(F)(F)F)c(CC3CC3)n2)cc1OC(F)(F)F. The summed E-state index contributed by atoms with van der Waals surface area (Å²) in [4.78, 5) is 9.96. The quantitative estimate of drug-likeness (QED) is 0.669. The van der Waals surface area contributed by atoms with Crippen LogP contribution in [0.5, 0.6) is 5.75 Å². The van der Waals surface area contributed by atoms with E-state index in [4.69, 9.17) is 5.73 Å². The van der Waals surface area contributed by atoms with Crippen LogP contribution in [0, 0.1) is 17.8 Å². The molecule has 2 aromatic rings. The van der Waals surface area contributed by atoms with Crippen molar-refractivity contribution in [3.05, 3.63) is 24.3 Å². The molecule has 0 radical (unpaired) electrons. The number of anilines is 1. The molecule has 4 heterocycles. The van der Waals surface area contributed by atoms with Gasteiger partial charge in [0.1, 0.15) is 5.82 Å². The summed E-state index contributed by atoms with van der Waals surface area (Å²) in [5.74, 6) is 0.573. The molecule has 3 saturated carbocycles. The number of halogens is 6. The largest absolute Gasteiger partial charge is 0.573 e. The molecule has 32 heavy (non-hydrogen) atoms. The lowest BCUT2D eigenvalue weighted by atomic mass is 10.1. The highest BCUT2D eigenvalue weighted by Crippen LogP contribution is 2.83. The average molecular weight is 459 g/mol. The molecular formula is C20H19F6N5O. The van der Waals surface area contributed by atoms with Crippen LogP contribution >= 0.6 is 0 Å². The fourth-order valence-corrected chi connectivity index (χ4v) is 5.66. The van der Waals surface area contributed by atoms with Crippen LogP contribution in [-0.4, -0.2) is 51.1 Å². The van der Waals surface area contributed by atoms with E-state index in [9.17, 15) is 26.3 Å². The van der Waals surface area contributed by atoms with E-state index in [1.54, 1.807) is 6.20 Å². The maximum atomic E-state index is 12.9. The number of pyridine rings is 1. The van der Waals surface area contributed by atoms with Crippen LogP contribution in [0.3, 0.4) is 0 Å². The van der Waals surface area contributed by atoms with Crippen molar-refractivity contribution < 1.29 is 31.1 Å². The van der Waals surface area contributed by atoms with Gasteiger partial charge in [0.2, 0.25) is 0 Å². The first-order valence-corrected chi connectivity index (χ1v) is 10.4. The van der Waals surface area contributed by atoms with Gasteiger partial charge in [0.15, 0.2) is 11.6 Å². The molecule has 4 atom stereocenters. The lowest BCUT2D eigenvalue weighted by Gasteiger charge is -2.19. The standard InChI is InChI=1S/C20H19F6N5O/c21-18(22,23)8-30-6-11-15-16(30)19(11,15)31-7-12(29-14(31)3-9-1-2-9)10-4-13(17(27)28-5-10)32-20(24,25)26/h4-5,7,9,11,15-16H,1-3,6,8H2,(H2,27,28)/t11-,15-,16?,19-/m1/s1. The van der Waals surface area contributed by atoms with Gasteiger partial charge in [-0.25, -0.2) is 9.97 Å². The van der Waals surface area contributed by atoms with Gasteiger partial charge >= 0.3 is 12.5 Å². The topological polar surface area (TPSA) is 69.2 Å². The fourth-order valence-electron chi connectivity index (χ4n) is 5.66. The maximum Gasteiger partial charge on any atom is 0.573 e. The van der Waals surface area contributed by atoms with Crippen molar-refractivity contribution in [3.8, 4) is 17.0 Å². The third-order valence-electron chi connectivity index (χ3n) is 7.13. The van der Waals surface area contributed by atoms with Gasteiger partial charge in [-0.05, 0) is 24.8 Å². The summed E-state index contributed by atoms with van der Waals surface area (Å²) in [5.41, 5.74) is 5.87. The molecule has 5 aliphatic rings. The molecule has 0 amide bonds. The number of hydrogen-bond donors (Lipinski definition) is 1. The van der Waals surface area contributed by atoms with E-state index in [1.807, 2.05) is 4.57 Å². The van der Waals surface area contributed by atoms with Crippen molar-refractivity contribution in [1.82, 2.24) is 19.4 Å². The van der Waals surface area contributed by atoms with Crippen LogP contribution in [0.25, 0.3) is 11.3 Å². The van der Waals surface area contributed by atoms with Crippen LogP contribution in [-0.2, 0) is 12.0 Å². The molecule has 2 aliphatic heterocycles. The normalized spacial score (nSPS) is 31.0. The summed E-state index contributed by atoms with van der Waals surface area (Å²) in [7, 11) is 0. The molecule has 172 valence electrons. The van der Waals surface area contributed by atoms with Gasteiger partial charge in [0.05, 0.1) is 17.8 Å². The number of piperidine rings is 1. The second-order valence-electron chi connectivity index (χ2n) is 9.22. The van der Waals surface area contributed by atoms with E-state index in [0.717, 1.165) is 24.7 Å². The van der Waals surface area contributed by atoms with Crippen LogP contribution in [0.15, 0.2) is 18.5 Å². The summed E-state index contributed by atoms with van der Waals surface area (Å²) in [6.07, 6.45) is -3.27. The van der Waals surface area contributed by atoms with E-state index >= 15 is 0 Å². The molecular weight excluding hydrogens is 440 g/mol. The zero-order valence-electron chi connectivity index (χ0n) is 16.6. The Balaban J connectivity index is 1.33. The molecule has 12 heteroatoms. The molecule has 2 aromatic heterocycles. The Kier molecular flexibility index (Phi) is 3.83. The van der Waals surface area contributed by atoms with Gasteiger partial charge in [0.25, 0.3) is 0 Å². The Hall–Kier alpha value is -2.50. The van der Waals surface area contributed by atoms with Crippen LogP contribution in [0.1, 0.15) is 18.7 Å². The van der Waals surface area contributed by atoms with Gasteiger partial charge in [-0.2, -0.15) is 13.2 Å². The summed E-state index contributed by atoms with van der Waals surface area (Å²) >= 11 is 0. The monoisotopic (exact) mass is 459 g/mol. The van der Waals surface area contributed by atoms with E-state index in [2.05, 4.69) is 14.7 Å². The van der Waals surface area contributed by atoms with Crippen LogP contribution in [0.4, 0.5) is 32.2 Å². The number of imidazole rings is 1. The first kappa shape index (κ1) is 20.1. The average Bonchev–Trinajstić information content (AvgIpc) is 3.58. The Morgan fingerprint density at radius 1 is 1.19 bits per heavy atom. The molecule has 2 N–H and O–H groups in total. The van der Waals surface area contributed by atoms with Crippen molar-refractivity contribution in [2.24, 2.45) is 17.8 Å². The Labute approximate surface area is 178 Å². The molecule has 0 spiro atoms. The third kappa shape index (κ3) is 3.06. The second-order valence-corrected chi connectivity index (χ2v) is 9.22. The highest BCUT2D eigenvalue weighted by Gasteiger charge is 2.94. The molecule has 2 saturated heterocycles. The van der Waals surface area contributed by atoms with E-state index in [0.29, 0.717) is 30.1 Å². The van der Waals surface area contributed by atoms with Crippen molar-refractivity contribution in [3.63, 3.8) is 0 Å². The number of hydrogen-bond acceptors (Lipinski definition) is 5. The zero-order chi connectivity index (χ0) is 22.6. The predicted molar refractivity (Wildman–Crippen MR) is 99.4 cm³/mol. The lowest BCUT2D eigenvalue weighted by Crippen LogP contribution is -2.34. The Bertz CT molecular complexity index is 1090. The van der Waals surface area contributed by atoms with Gasteiger partial charge in [-0.1, -0.05) is 0 Å². The first-order valence-electron chi connectivity index (χ1n) is 10.4. The second kappa shape index (κ2) is 6.09. The maximum absolute atomic E-state index is 12.9. The number of nitrogen functional groups attached to an aromatic ring is 1. The van der Waals surface area contributed by atoms with Gasteiger partial charge in [-0.3, -0.25) is 4.90 Å². The molecule has 6 nitrogen and oxygen atoms in total. The molecule has 5 fully saturated rings. The molecule has 7 rings (SSSR count). The summed E-state index contributed by atoms with van der Waals surface area (Å²) in [6.45, 7) is -0.524. The highest BCUT2D eigenvalue weighted by atomic mass is 19.4. The Morgan fingerprint density at radius 3 is 2.56 bits per heavy atom. The number of ether oxygens (including phenoxy) is 1. The zero-order valence-corrected chi connectivity index (χ0v) is 16.6. The highest BCUT2D eigenvalue weighted by molar-refractivity contribution is 5.64. The number of rotatable bonds is 6. The van der Waals surface area contributed by atoms with Gasteiger partial charge in [0, 0.05) is 48.8 Å². The van der Waals surface area contributed by atoms with Crippen molar-refractivity contribution >= 4 is 5.82 Å². The minimum absolute atomic E-state index is 0.156. The number of aromatic nitrogens is 3. The van der Waals surface area contributed by atoms with Crippen LogP contribution in [0.2, 0.25) is 0 Å². The molecule has 1 unspecified atom stereocenters. The summed E-state index contributed by atoms with van der Waals surface area (Å²) in [5, 5.41) is 0. The predicted octanol–water partition coefficient (Wildman–Crippen LogP) is 3.58. The minimum Gasteiger partial charge on any atom is -0.402 e. The minimum atomic E-state index is -4.92. The number of nitrogens with two attached hydrogens (primary N) is 1. The lowest BCUT2D eigenvalue weighted by molar-refractivity contribution is -0.274. The van der Waals surface area contributed by atoms with Crippen molar-refractivity contribution in [2.45, 2.75) is 43.4 Å². The van der Waals surface area contributed by atoms with Crippen molar-refractivity contribution in [1.29, 1.82) is 0 Å². The number of fused-ring (bicyclic) bond motifs is 1. The summed E-state index contributed by atoms with van der Waals surface area (Å²) < 4.78 is 82.8. The van der Waals surface area contributed by atoms with Gasteiger partial charge in [-0.15, -0.1) is 13.2 Å². The van der Waals surface area contributed by atoms with E-state index in [-0.39, 0.29) is 23.4 Å². The number of nitrogens with zero attached hydrogens (tertiary/aromatic N) is 4. The van der Waals surface area contributed by atoms with Crippen LogP contribution < -0.4 is 10.5 Å². The van der Waals surface area contributed by atoms with E-state index in [1.165, 1.54) is 11.1 Å². The smallest absolute Gasteiger partial charge is 0.402 e. The third-order valence-corrected chi connectivity index (χ3v) is 7.13. The Morgan fingerprint density at radius 2 is 1.94 bits per heavy atom. The van der Waals surface area contributed by atoms with E-state index < -0.39 is 30.7 Å². The van der Waals surface area contributed by atoms with Gasteiger partial charge < -0.3 is 15.0 Å². The first-order chi connectivity index (χ1) is 15.0. The molecule has 0 aromatic carbocycles. The van der Waals surface area contributed by atoms with Crippen molar-refractivity contribution in [2.75, 3.05) is 18.8 Å². The fraction of sp³-hybridized carbons (Fsp3) is 0.600. The number of alkyl halides is 6. The summed E-state index contributed by atoms with van der Waals surface area (Å²) in [6, 6.07) is 0.978. The molecule has 2 bridgehead atoms. The molecule has 3 aliphatic carbocycles.